The van der Waals surface area contributed by atoms with Gasteiger partial charge in [0, 0.05) is 12.3 Å². The maximum atomic E-state index is 11.8. The third kappa shape index (κ3) is 5.42. The molecule has 0 saturated heterocycles. The summed E-state index contributed by atoms with van der Waals surface area (Å²) >= 11 is 1.62. The summed E-state index contributed by atoms with van der Waals surface area (Å²) in [4.78, 5) is 11.8. The number of anilines is 1. The first-order chi connectivity index (χ1) is 9.34. The van der Waals surface area contributed by atoms with Crippen LogP contribution < -0.4 is 9.62 Å². The molecule has 0 aliphatic rings. The van der Waals surface area contributed by atoms with Crippen molar-refractivity contribution in [1.29, 1.82) is 0 Å². The summed E-state index contributed by atoms with van der Waals surface area (Å²) in [6.45, 7) is 2.26. The minimum Gasteiger partial charge on any atom is -0.354 e. The molecule has 0 aliphatic heterocycles. The van der Waals surface area contributed by atoms with E-state index in [9.17, 15) is 13.2 Å². The molecule has 1 amide bonds. The van der Waals surface area contributed by atoms with E-state index in [2.05, 4.69) is 5.32 Å². The Morgan fingerprint density at radius 3 is 2.40 bits per heavy atom. The Morgan fingerprint density at radius 1 is 1.30 bits per heavy atom. The SMILES string of the molecule is CSCCNC(=O)CN(c1ccc(C)cc1)S(C)(=O)=O. The van der Waals surface area contributed by atoms with E-state index in [0.29, 0.717) is 12.2 Å². The molecule has 1 aromatic rings. The van der Waals surface area contributed by atoms with Crippen LogP contribution in [0.4, 0.5) is 5.69 Å². The van der Waals surface area contributed by atoms with Crippen molar-refractivity contribution in [2.75, 3.05) is 35.7 Å². The van der Waals surface area contributed by atoms with E-state index in [4.69, 9.17) is 0 Å². The summed E-state index contributed by atoms with van der Waals surface area (Å²) in [7, 11) is -3.49. The zero-order valence-corrected chi connectivity index (χ0v) is 13.6. The van der Waals surface area contributed by atoms with Crippen molar-refractivity contribution in [2.45, 2.75) is 6.92 Å². The van der Waals surface area contributed by atoms with Crippen molar-refractivity contribution < 1.29 is 13.2 Å². The normalized spacial score (nSPS) is 11.2. The number of thioether (sulfide) groups is 1. The third-order valence-corrected chi connectivity index (χ3v) is 4.39. The van der Waals surface area contributed by atoms with Crippen molar-refractivity contribution in [3.63, 3.8) is 0 Å². The summed E-state index contributed by atoms with van der Waals surface area (Å²) in [5.74, 6) is 0.500. The summed E-state index contributed by atoms with van der Waals surface area (Å²) in [6.07, 6.45) is 3.04. The Bertz CT molecular complexity index is 541. The van der Waals surface area contributed by atoms with Crippen LogP contribution >= 0.6 is 11.8 Å². The van der Waals surface area contributed by atoms with Crippen LogP contribution in [0.2, 0.25) is 0 Å². The Morgan fingerprint density at radius 2 is 1.90 bits per heavy atom. The van der Waals surface area contributed by atoms with Crippen molar-refractivity contribution in [1.82, 2.24) is 5.32 Å². The molecule has 112 valence electrons. The number of benzene rings is 1. The molecular formula is C13H20N2O3S2. The van der Waals surface area contributed by atoms with E-state index in [1.165, 1.54) is 0 Å². The van der Waals surface area contributed by atoms with Gasteiger partial charge >= 0.3 is 0 Å². The highest BCUT2D eigenvalue weighted by Crippen LogP contribution is 2.17. The van der Waals surface area contributed by atoms with Crippen molar-refractivity contribution in [2.24, 2.45) is 0 Å². The molecule has 0 saturated carbocycles. The summed E-state index contributed by atoms with van der Waals surface area (Å²) in [6, 6.07) is 7.04. The highest BCUT2D eigenvalue weighted by molar-refractivity contribution is 7.98. The molecule has 0 radical (unpaired) electrons. The molecule has 1 N–H and O–H groups in total. The Balaban J connectivity index is 2.81. The van der Waals surface area contributed by atoms with E-state index < -0.39 is 10.0 Å². The second kappa shape index (κ2) is 7.54. The van der Waals surface area contributed by atoms with Crippen molar-refractivity contribution >= 4 is 33.4 Å². The van der Waals surface area contributed by atoms with E-state index in [1.54, 1.807) is 23.9 Å². The van der Waals surface area contributed by atoms with Gasteiger partial charge in [0.05, 0.1) is 11.9 Å². The molecule has 0 atom stereocenters. The quantitative estimate of drug-likeness (QED) is 0.769. The second-order valence-electron chi connectivity index (χ2n) is 4.45. The monoisotopic (exact) mass is 316 g/mol. The molecule has 1 aromatic carbocycles. The summed E-state index contributed by atoms with van der Waals surface area (Å²) < 4.78 is 24.8. The maximum absolute atomic E-state index is 11.8. The van der Waals surface area contributed by atoms with Crippen LogP contribution in [0.5, 0.6) is 0 Å². The average molecular weight is 316 g/mol. The Labute approximate surface area is 124 Å². The highest BCUT2D eigenvalue weighted by Gasteiger charge is 2.20. The van der Waals surface area contributed by atoms with Gasteiger partial charge in [-0.3, -0.25) is 9.10 Å². The van der Waals surface area contributed by atoms with E-state index in [0.717, 1.165) is 21.9 Å². The first kappa shape index (κ1) is 16.8. The van der Waals surface area contributed by atoms with E-state index in [-0.39, 0.29) is 12.5 Å². The number of hydrogen-bond acceptors (Lipinski definition) is 4. The lowest BCUT2D eigenvalue weighted by Crippen LogP contribution is -2.41. The van der Waals surface area contributed by atoms with Gasteiger partial charge in [-0.05, 0) is 25.3 Å². The molecule has 0 bridgehead atoms. The fraction of sp³-hybridized carbons (Fsp3) is 0.462. The second-order valence-corrected chi connectivity index (χ2v) is 7.34. The van der Waals surface area contributed by atoms with Crippen molar-refractivity contribution in [3.8, 4) is 0 Å². The predicted molar refractivity (Wildman–Crippen MR) is 84.8 cm³/mol. The van der Waals surface area contributed by atoms with Crippen LogP contribution in [-0.4, -0.2) is 45.7 Å². The molecule has 7 heteroatoms. The van der Waals surface area contributed by atoms with Crippen LogP contribution in [-0.2, 0) is 14.8 Å². The number of carbonyl (C=O) groups excluding carboxylic acids is 1. The fourth-order valence-corrected chi connectivity index (χ4v) is 2.75. The van der Waals surface area contributed by atoms with Gasteiger partial charge < -0.3 is 5.32 Å². The smallest absolute Gasteiger partial charge is 0.240 e. The van der Waals surface area contributed by atoms with Gasteiger partial charge in [0.15, 0.2) is 0 Å². The molecule has 0 fully saturated rings. The molecule has 0 spiro atoms. The number of hydrogen-bond donors (Lipinski definition) is 1. The van der Waals surface area contributed by atoms with Crippen molar-refractivity contribution in [3.05, 3.63) is 29.8 Å². The van der Waals surface area contributed by atoms with Gasteiger partial charge in [0.25, 0.3) is 0 Å². The zero-order valence-electron chi connectivity index (χ0n) is 11.9. The molecule has 0 aromatic heterocycles. The molecular weight excluding hydrogens is 296 g/mol. The largest absolute Gasteiger partial charge is 0.354 e. The lowest BCUT2D eigenvalue weighted by Gasteiger charge is -2.22. The lowest BCUT2D eigenvalue weighted by molar-refractivity contribution is -0.119. The van der Waals surface area contributed by atoms with Crippen LogP contribution in [0.1, 0.15) is 5.56 Å². The van der Waals surface area contributed by atoms with Crippen LogP contribution in [0.25, 0.3) is 0 Å². The van der Waals surface area contributed by atoms with Gasteiger partial charge in [-0.2, -0.15) is 11.8 Å². The number of carbonyl (C=O) groups is 1. The Hall–Kier alpha value is -1.21. The first-order valence-electron chi connectivity index (χ1n) is 6.14. The number of amides is 1. The topological polar surface area (TPSA) is 66.5 Å². The minimum absolute atomic E-state index is 0.198. The lowest BCUT2D eigenvalue weighted by atomic mass is 10.2. The van der Waals surface area contributed by atoms with Gasteiger partial charge in [-0.15, -0.1) is 0 Å². The van der Waals surface area contributed by atoms with Gasteiger partial charge in [-0.25, -0.2) is 8.42 Å². The van der Waals surface area contributed by atoms with Crippen LogP contribution in [0.15, 0.2) is 24.3 Å². The highest BCUT2D eigenvalue weighted by atomic mass is 32.2. The average Bonchev–Trinajstić information content (AvgIpc) is 2.36. The summed E-state index contributed by atoms with van der Waals surface area (Å²) in [5.41, 5.74) is 1.53. The predicted octanol–water partition coefficient (Wildman–Crippen LogP) is 1.24. The van der Waals surface area contributed by atoms with Crippen LogP contribution in [0, 0.1) is 6.92 Å². The molecule has 0 heterocycles. The standard InChI is InChI=1S/C13H20N2O3S2/c1-11-4-6-12(7-5-11)15(20(3,17)18)10-13(16)14-8-9-19-2/h4-7H,8-10H2,1-3H3,(H,14,16). The zero-order chi connectivity index (χ0) is 15.2. The van der Waals surface area contributed by atoms with Crippen LogP contribution in [0.3, 0.4) is 0 Å². The molecule has 5 nitrogen and oxygen atoms in total. The molecule has 20 heavy (non-hydrogen) atoms. The fourth-order valence-electron chi connectivity index (χ4n) is 1.59. The van der Waals surface area contributed by atoms with E-state index >= 15 is 0 Å². The Kier molecular flexibility index (Phi) is 6.35. The van der Waals surface area contributed by atoms with Gasteiger partial charge in [0.1, 0.15) is 6.54 Å². The molecule has 0 aliphatic carbocycles. The number of aryl methyl sites for hydroxylation is 1. The minimum atomic E-state index is -3.49. The van der Waals surface area contributed by atoms with E-state index in [1.807, 2.05) is 25.3 Å². The van der Waals surface area contributed by atoms with Gasteiger partial charge in [0.2, 0.25) is 15.9 Å². The summed E-state index contributed by atoms with van der Waals surface area (Å²) in [5, 5.41) is 2.70. The van der Waals surface area contributed by atoms with Gasteiger partial charge in [-0.1, -0.05) is 17.7 Å². The maximum Gasteiger partial charge on any atom is 0.240 e. The number of nitrogens with zero attached hydrogens (tertiary/aromatic N) is 1. The molecule has 0 unspecified atom stereocenters. The number of nitrogens with one attached hydrogen (secondary N) is 1. The third-order valence-electron chi connectivity index (χ3n) is 2.64. The number of rotatable bonds is 7. The number of sulfonamides is 1. The first-order valence-corrected chi connectivity index (χ1v) is 9.39. The molecule has 1 rings (SSSR count).